The molecule has 29 heavy (non-hydrogen) atoms. The third kappa shape index (κ3) is 2.93. The second kappa shape index (κ2) is 6.94. The fourth-order valence-corrected chi connectivity index (χ4v) is 5.36. The molecule has 1 aromatic heterocycles. The Balaban J connectivity index is 1.85. The quantitative estimate of drug-likeness (QED) is 0.602. The van der Waals surface area contributed by atoms with E-state index >= 15 is 0 Å². The minimum absolute atomic E-state index is 0.370. The lowest BCUT2D eigenvalue weighted by Crippen LogP contribution is -2.20. The Kier molecular flexibility index (Phi) is 4.38. The number of anilines is 1. The van der Waals surface area contributed by atoms with Gasteiger partial charge in [-0.2, -0.15) is 0 Å². The molecule has 3 aromatic rings. The maximum Gasteiger partial charge on any atom is 0.335 e. The number of nitrogens with zero attached hydrogens (tertiary/aromatic N) is 2. The molecule has 1 aliphatic carbocycles. The molecule has 1 N–H and O–H groups in total. The molecule has 1 fully saturated rings. The summed E-state index contributed by atoms with van der Waals surface area (Å²) >= 11 is 0. The predicted octanol–water partition coefficient (Wildman–Crippen LogP) is 5.81. The molecule has 0 unspecified atom stereocenters. The Morgan fingerprint density at radius 1 is 1.03 bits per heavy atom. The Bertz CT molecular complexity index is 1110. The van der Waals surface area contributed by atoms with Crippen LogP contribution in [0.1, 0.15) is 59.5 Å². The van der Waals surface area contributed by atoms with E-state index in [1.54, 1.807) is 6.07 Å². The molecule has 4 nitrogen and oxygen atoms in total. The van der Waals surface area contributed by atoms with Crippen molar-refractivity contribution in [2.45, 2.75) is 51.5 Å². The number of carboxylic acid groups (broad SMARTS) is 1. The van der Waals surface area contributed by atoms with Gasteiger partial charge in [0.2, 0.25) is 0 Å². The molecular weight excluding hydrogens is 360 g/mol. The average molecular weight is 389 g/mol. The van der Waals surface area contributed by atoms with E-state index in [0.717, 1.165) is 18.6 Å². The van der Waals surface area contributed by atoms with Crippen LogP contribution in [-0.4, -0.2) is 29.2 Å². The van der Waals surface area contributed by atoms with Crippen molar-refractivity contribution in [3.63, 3.8) is 0 Å². The lowest BCUT2D eigenvalue weighted by molar-refractivity contribution is 0.0697. The molecule has 0 radical (unpaired) electrons. The van der Waals surface area contributed by atoms with Gasteiger partial charge < -0.3 is 14.6 Å². The van der Waals surface area contributed by atoms with Crippen LogP contribution < -0.4 is 4.90 Å². The van der Waals surface area contributed by atoms with Gasteiger partial charge in [0.25, 0.3) is 0 Å². The highest BCUT2D eigenvalue weighted by molar-refractivity contribution is 5.99. The molecule has 1 saturated carbocycles. The zero-order valence-electron chi connectivity index (χ0n) is 17.2. The van der Waals surface area contributed by atoms with Crippen LogP contribution in [0.4, 0.5) is 5.69 Å². The van der Waals surface area contributed by atoms with Crippen LogP contribution >= 0.6 is 0 Å². The fraction of sp³-hybridized carbons (Fsp3) is 0.400. The monoisotopic (exact) mass is 388 g/mol. The summed E-state index contributed by atoms with van der Waals surface area (Å²) in [6, 6.07) is 12.5. The first-order valence-corrected chi connectivity index (χ1v) is 10.8. The van der Waals surface area contributed by atoms with Gasteiger partial charge in [0, 0.05) is 42.3 Å². The smallest absolute Gasteiger partial charge is 0.335 e. The maximum absolute atomic E-state index is 11.7. The summed E-state index contributed by atoms with van der Waals surface area (Å²) in [6.07, 6.45) is 6.34. The van der Waals surface area contributed by atoms with Crippen LogP contribution in [0.5, 0.6) is 0 Å². The van der Waals surface area contributed by atoms with Gasteiger partial charge in [-0.25, -0.2) is 4.79 Å². The normalized spacial score (nSPS) is 17.1. The minimum Gasteiger partial charge on any atom is -0.478 e. The van der Waals surface area contributed by atoms with E-state index in [4.69, 9.17) is 0 Å². The molecule has 0 atom stereocenters. The fourth-order valence-electron chi connectivity index (χ4n) is 5.36. The van der Waals surface area contributed by atoms with Gasteiger partial charge in [-0.3, -0.25) is 0 Å². The summed E-state index contributed by atoms with van der Waals surface area (Å²) in [5.74, 6) is -0.306. The zero-order valence-corrected chi connectivity index (χ0v) is 17.2. The lowest BCUT2D eigenvalue weighted by Gasteiger charge is -2.24. The molecule has 5 rings (SSSR count). The third-order valence-electron chi connectivity index (χ3n) is 6.84. The van der Waals surface area contributed by atoms with E-state index in [1.165, 1.54) is 65.6 Å². The second-order valence-electron chi connectivity index (χ2n) is 8.73. The van der Waals surface area contributed by atoms with Crippen LogP contribution in [-0.2, 0) is 6.54 Å². The number of aromatic carboxylic acids is 1. The van der Waals surface area contributed by atoms with Crippen LogP contribution in [0.25, 0.3) is 22.2 Å². The number of hydrogen-bond donors (Lipinski definition) is 1. The number of fused-ring (bicyclic) bond motifs is 5. The van der Waals surface area contributed by atoms with Crippen molar-refractivity contribution >= 4 is 22.6 Å². The van der Waals surface area contributed by atoms with Crippen LogP contribution in [0.2, 0.25) is 0 Å². The van der Waals surface area contributed by atoms with Crippen molar-refractivity contribution in [1.82, 2.24) is 4.57 Å². The average Bonchev–Trinajstić information content (AvgIpc) is 2.98. The standard InChI is InChI=1S/C25H28N2O2/c1-16-8-10-20-21(14-16)26(2)12-13-27-22-15-18(25(28)29)9-11-19(22)23(24(20)27)17-6-4-3-5-7-17/h8-11,14-15,17H,3-7,12-13H2,1-2H3,(H,28,29). The van der Waals surface area contributed by atoms with Gasteiger partial charge in [-0.1, -0.05) is 37.5 Å². The van der Waals surface area contributed by atoms with E-state index in [1.807, 2.05) is 6.07 Å². The van der Waals surface area contributed by atoms with E-state index < -0.39 is 5.97 Å². The van der Waals surface area contributed by atoms with Crippen LogP contribution in [0.3, 0.4) is 0 Å². The largest absolute Gasteiger partial charge is 0.478 e. The van der Waals surface area contributed by atoms with E-state index in [9.17, 15) is 9.90 Å². The maximum atomic E-state index is 11.7. The predicted molar refractivity (Wildman–Crippen MR) is 118 cm³/mol. The molecule has 0 spiro atoms. The van der Waals surface area contributed by atoms with E-state index in [2.05, 4.69) is 47.7 Å². The molecule has 2 heterocycles. The third-order valence-corrected chi connectivity index (χ3v) is 6.84. The zero-order chi connectivity index (χ0) is 20.1. The number of rotatable bonds is 2. The molecular formula is C25H28N2O2. The van der Waals surface area contributed by atoms with Gasteiger partial charge in [0.05, 0.1) is 11.3 Å². The van der Waals surface area contributed by atoms with E-state index in [-0.39, 0.29) is 0 Å². The number of aromatic nitrogens is 1. The number of carboxylic acids is 1. The van der Waals surface area contributed by atoms with Crippen molar-refractivity contribution in [3.05, 3.63) is 53.1 Å². The number of likely N-dealkylation sites (N-methyl/N-ethyl adjacent to an activating group) is 1. The number of hydrogen-bond acceptors (Lipinski definition) is 2. The number of benzene rings is 2. The molecule has 1 aliphatic heterocycles. The first kappa shape index (κ1) is 18.3. The highest BCUT2D eigenvalue weighted by Gasteiger charge is 2.30. The minimum atomic E-state index is -0.858. The molecule has 2 aromatic carbocycles. The Morgan fingerprint density at radius 2 is 1.83 bits per heavy atom. The summed E-state index contributed by atoms with van der Waals surface area (Å²) in [4.78, 5) is 14.0. The van der Waals surface area contributed by atoms with Gasteiger partial charge in [0.1, 0.15) is 0 Å². The van der Waals surface area contributed by atoms with Crippen LogP contribution in [0, 0.1) is 6.92 Å². The van der Waals surface area contributed by atoms with Crippen molar-refractivity contribution < 1.29 is 9.90 Å². The lowest BCUT2D eigenvalue weighted by atomic mass is 9.81. The number of aryl methyl sites for hydroxylation is 1. The summed E-state index contributed by atoms with van der Waals surface area (Å²) in [5, 5.41) is 10.8. The van der Waals surface area contributed by atoms with Gasteiger partial charge in [0.15, 0.2) is 0 Å². The summed E-state index contributed by atoms with van der Waals surface area (Å²) in [7, 11) is 2.16. The summed E-state index contributed by atoms with van der Waals surface area (Å²) < 4.78 is 2.39. The number of carbonyl (C=O) groups is 1. The molecule has 4 heteroatoms. The van der Waals surface area contributed by atoms with Crippen molar-refractivity contribution in [1.29, 1.82) is 0 Å². The highest BCUT2D eigenvalue weighted by atomic mass is 16.4. The molecule has 2 aliphatic rings. The Labute approximate surface area is 171 Å². The summed E-state index contributed by atoms with van der Waals surface area (Å²) in [5.41, 5.74) is 8.03. The van der Waals surface area contributed by atoms with Gasteiger partial charge in [-0.15, -0.1) is 0 Å². The molecule has 0 saturated heterocycles. The topological polar surface area (TPSA) is 45.5 Å². The Hall–Kier alpha value is -2.75. The van der Waals surface area contributed by atoms with E-state index in [0.29, 0.717) is 11.5 Å². The molecule has 0 amide bonds. The second-order valence-corrected chi connectivity index (χ2v) is 8.73. The first-order valence-electron chi connectivity index (χ1n) is 10.8. The summed E-state index contributed by atoms with van der Waals surface area (Å²) in [6.45, 7) is 3.93. The van der Waals surface area contributed by atoms with Gasteiger partial charge in [-0.05, 0) is 55.0 Å². The molecule has 0 bridgehead atoms. The Morgan fingerprint density at radius 3 is 2.59 bits per heavy atom. The van der Waals surface area contributed by atoms with Crippen molar-refractivity contribution in [3.8, 4) is 11.3 Å². The van der Waals surface area contributed by atoms with Crippen molar-refractivity contribution in [2.75, 3.05) is 18.5 Å². The van der Waals surface area contributed by atoms with Gasteiger partial charge >= 0.3 is 5.97 Å². The first-order chi connectivity index (χ1) is 14.0. The van der Waals surface area contributed by atoms with Crippen LogP contribution in [0.15, 0.2) is 36.4 Å². The highest BCUT2D eigenvalue weighted by Crippen LogP contribution is 2.47. The SMILES string of the molecule is Cc1ccc2c(c1)N(C)CCn1c-2c(C2CCCCC2)c2ccc(C(=O)O)cc21. The van der Waals surface area contributed by atoms with Crippen molar-refractivity contribution in [2.24, 2.45) is 0 Å². The molecule has 150 valence electrons.